The number of rotatable bonds is 6. The van der Waals surface area contributed by atoms with Crippen LogP contribution in [-0.2, 0) is 13.1 Å². The van der Waals surface area contributed by atoms with Crippen LogP contribution in [0.4, 0.5) is 0 Å². The molecule has 1 fully saturated rings. The van der Waals surface area contributed by atoms with Gasteiger partial charge in [0.15, 0.2) is 0 Å². The second kappa shape index (κ2) is 8.86. The van der Waals surface area contributed by atoms with Crippen LogP contribution in [0.1, 0.15) is 46.3 Å². The molecular formula is C22H29N2O2+. The summed E-state index contributed by atoms with van der Waals surface area (Å²) in [6, 6.07) is 14.3. The van der Waals surface area contributed by atoms with Gasteiger partial charge >= 0.3 is 0 Å². The predicted molar refractivity (Wildman–Crippen MR) is 104 cm³/mol. The van der Waals surface area contributed by atoms with Crippen molar-refractivity contribution in [3.8, 4) is 5.75 Å². The highest BCUT2D eigenvalue weighted by molar-refractivity contribution is 5.97. The first kappa shape index (κ1) is 18.5. The van der Waals surface area contributed by atoms with Crippen LogP contribution in [0.3, 0.4) is 0 Å². The van der Waals surface area contributed by atoms with Crippen LogP contribution in [0.5, 0.6) is 5.75 Å². The van der Waals surface area contributed by atoms with Gasteiger partial charge in [0.2, 0.25) is 0 Å². The minimum absolute atomic E-state index is 0.104. The van der Waals surface area contributed by atoms with Gasteiger partial charge in [0.25, 0.3) is 5.91 Å². The molecule has 2 N–H and O–H groups in total. The van der Waals surface area contributed by atoms with Crippen molar-refractivity contribution in [1.29, 1.82) is 0 Å². The first-order chi connectivity index (χ1) is 12.7. The number of hydrogen-bond acceptors (Lipinski definition) is 2. The van der Waals surface area contributed by atoms with Crippen LogP contribution in [-0.4, -0.2) is 26.1 Å². The van der Waals surface area contributed by atoms with Crippen molar-refractivity contribution < 1.29 is 14.4 Å². The highest BCUT2D eigenvalue weighted by Gasteiger charge is 2.14. The molecule has 0 aliphatic carbocycles. The summed E-state index contributed by atoms with van der Waals surface area (Å²) in [7, 11) is 1.59. The first-order valence-corrected chi connectivity index (χ1v) is 9.50. The molecule has 1 saturated heterocycles. The highest BCUT2D eigenvalue weighted by Crippen LogP contribution is 2.19. The monoisotopic (exact) mass is 353 g/mol. The van der Waals surface area contributed by atoms with Crippen molar-refractivity contribution in [2.45, 2.75) is 39.3 Å². The summed E-state index contributed by atoms with van der Waals surface area (Å²) in [6.45, 7) is 6.17. The van der Waals surface area contributed by atoms with E-state index in [-0.39, 0.29) is 5.91 Å². The van der Waals surface area contributed by atoms with Crippen molar-refractivity contribution in [3.05, 3.63) is 64.7 Å². The molecule has 0 unspecified atom stereocenters. The molecule has 2 aromatic carbocycles. The van der Waals surface area contributed by atoms with Gasteiger partial charge in [-0.3, -0.25) is 4.79 Å². The highest BCUT2D eigenvalue weighted by atomic mass is 16.5. The van der Waals surface area contributed by atoms with Gasteiger partial charge in [-0.15, -0.1) is 0 Å². The average molecular weight is 353 g/mol. The van der Waals surface area contributed by atoms with E-state index in [0.29, 0.717) is 17.9 Å². The van der Waals surface area contributed by atoms with E-state index in [0.717, 1.165) is 17.7 Å². The Morgan fingerprint density at radius 1 is 1.04 bits per heavy atom. The quantitative estimate of drug-likeness (QED) is 0.838. The van der Waals surface area contributed by atoms with E-state index < -0.39 is 0 Å². The minimum atomic E-state index is -0.104. The van der Waals surface area contributed by atoms with E-state index in [2.05, 4.69) is 29.6 Å². The third kappa shape index (κ3) is 4.85. The minimum Gasteiger partial charge on any atom is -0.496 e. The topological polar surface area (TPSA) is 42.8 Å². The van der Waals surface area contributed by atoms with Gasteiger partial charge in [0.05, 0.1) is 25.8 Å². The molecule has 1 heterocycles. The molecule has 0 aromatic heterocycles. The van der Waals surface area contributed by atoms with Crippen molar-refractivity contribution in [2.75, 3.05) is 20.2 Å². The van der Waals surface area contributed by atoms with Gasteiger partial charge < -0.3 is 15.0 Å². The van der Waals surface area contributed by atoms with Crippen LogP contribution < -0.4 is 15.0 Å². The lowest BCUT2D eigenvalue weighted by Crippen LogP contribution is -3.11. The largest absolute Gasteiger partial charge is 0.496 e. The van der Waals surface area contributed by atoms with Gasteiger partial charge in [-0.1, -0.05) is 35.9 Å². The molecule has 0 saturated carbocycles. The van der Waals surface area contributed by atoms with E-state index in [1.165, 1.54) is 37.9 Å². The summed E-state index contributed by atoms with van der Waals surface area (Å²) in [5.74, 6) is 0.500. The van der Waals surface area contributed by atoms with Crippen molar-refractivity contribution in [2.24, 2.45) is 0 Å². The zero-order valence-corrected chi connectivity index (χ0v) is 15.8. The summed E-state index contributed by atoms with van der Waals surface area (Å²) in [4.78, 5) is 14.2. The predicted octanol–water partition coefficient (Wildman–Crippen LogP) is 2.50. The van der Waals surface area contributed by atoms with E-state index in [1.807, 2.05) is 25.1 Å². The Balaban J connectivity index is 1.56. The lowest BCUT2D eigenvalue weighted by molar-refractivity contribution is -0.918. The van der Waals surface area contributed by atoms with Crippen molar-refractivity contribution >= 4 is 5.91 Å². The number of quaternary nitrogens is 1. The molecule has 0 radical (unpaired) electrons. The maximum absolute atomic E-state index is 12.5. The fourth-order valence-corrected chi connectivity index (χ4v) is 3.57. The zero-order valence-electron chi connectivity index (χ0n) is 15.8. The normalized spacial score (nSPS) is 14.8. The molecule has 26 heavy (non-hydrogen) atoms. The van der Waals surface area contributed by atoms with E-state index in [9.17, 15) is 4.79 Å². The van der Waals surface area contributed by atoms with Gasteiger partial charge in [0, 0.05) is 12.1 Å². The summed E-state index contributed by atoms with van der Waals surface area (Å²) < 4.78 is 5.30. The molecular weight excluding hydrogens is 324 g/mol. The Labute approximate surface area is 156 Å². The number of aryl methyl sites for hydroxylation is 1. The number of likely N-dealkylation sites (tertiary alicyclic amines) is 1. The number of carbonyl (C=O) groups excluding carboxylic acids is 1. The second-order valence-corrected chi connectivity index (χ2v) is 7.19. The maximum atomic E-state index is 12.5. The van der Waals surface area contributed by atoms with Gasteiger partial charge in [-0.05, 0) is 43.9 Å². The van der Waals surface area contributed by atoms with Gasteiger partial charge in [-0.2, -0.15) is 0 Å². The lowest BCUT2D eigenvalue weighted by atomic mass is 10.1. The van der Waals surface area contributed by atoms with Crippen LogP contribution in [0.2, 0.25) is 0 Å². The third-order valence-corrected chi connectivity index (χ3v) is 5.09. The number of hydrogen-bond donors (Lipinski definition) is 2. The Kier molecular flexibility index (Phi) is 6.29. The second-order valence-electron chi connectivity index (χ2n) is 7.19. The molecule has 0 spiro atoms. The lowest BCUT2D eigenvalue weighted by Gasteiger charge is -2.23. The zero-order chi connectivity index (χ0) is 18.4. The standard InChI is InChI=1S/C22H28N2O2/c1-17-6-11-21(26-2)20(14-17)22(25)23-15-18-7-9-19(10-8-18)16-24-12-4-3-5-13-24/h6-11,14H,3-5,12-13,15-16H2,1-2H3,(H,23,25)/p+1. The Morgan fingerprint density at radius 3 is 2.42 bits per heavy atom. The van der Waals surface area contributed by atoms with Crippen molar-refractivity contribution in [3.63, 3.8) is 0 Å². The van der Waals surface area contributed by atoms with E-state index >= 15 is 0 Å². The summed E-state index contributed by atoms with van der Waals surface area (Å²) in [5.41, 5.74) is 4.11. The van der Waals surface area contributed by atoms with E-state index in [1.54, 1.807) is 12.0 Å². The van der Waals surface area contributed by atoms with Crippen molar-refractivity contribution in [1.82, 2.24) is 5.32 Å². The first-order valence-electron chi connectivity index (χ1n) is 9.50. The van der Waals surface area contributed by atoms with E-state index in [4.69, 9.17) is 4.74 Å². The van der Waals surface area contributed by atoms with Gasteiger partial charge in [-0.25, -0.2) is 0 Å². The molecule has 2 aromatic rings. The molecule has 138 valence electrons. The number of ether oxygens (including phenoxy) is 1. The molecule has 3 rings (SSSR count). The average Bonchev–Trinajstić information content (AvgIpc) is 2.68. The summed E-state index contributed by atoms with van der Waals surface area (Å²) >= 11 is 0. The Morgan fingerprint density at radius 2 is 1.73 bits per heavy atom. The fraction of sp³-hybridized carbons (Fsp3) is 0.409. The maximum Gasteiger partial charge on any atom is 0.255 e. The van der Waals surface area contributed by atoms with Crippen LogP contribution in [0.15, 0.2) is 42.5 Å². The van der Waals surface area contributed by atoms with Gasteiger partial charge in [0.1, 0.15) is 12.3 Å². The van der Waals surface area contributed by atoms with Crippen LogP contribution in [0, 0.1) is 6.92 Å². The number of amides is 1. The Bertz CT molecular complexity index is 734. The number of benzene rings is 2. The summed E-state index contributed by atoms with van der Waals surface area (Å²) in [5, 5.41) is 2.99. The number of carbonyl (C=O) groups is 1. The van der Waals surface area contributed by atoms with Crippen LogP contribution >= 0.6 is 0 Å². The summed E-state index contributed by atoms with van der Waals surface area (Å²) in [6.07, 6.45) is 4.08. The molecule has 1 aliphatic heterocycles. The number of piperidine rings is 1. The molecule has 1 amide bonds. The molecule has 4 nitrogen and oxygen atoms in total. The Hall–Kier alpha value is -2.33. The number of nitrogens with one attached hydrogen (secondary N) is 2. The van der Waals surface area contributed by atoms with Crippen LogP contribution in [0.25, 0.3) is 0 Å². The SMILES string of the molecule is COc1ccc(C)cc1C(=O)NCc1ccc(C[NH+]2CCCCC2)cc1. The molecule has 0 bridgehead atoms. The fourth-order valence-electron chi connectivity index (χ4n) is 3.57. The third-order valence-electron chi connectivity index (χ3n) is 5.09. The smallest absolute Gasteiger partial charge is 0.255 e. The number of methoxy groups -OCH3 is 1. The molecule has 0 atom stereocenters. The molecule has 1 aliphatic rings. The molecule has 4 heteroatoms.